The minimum Gasteiger partial charge on any atom is -0.494 e. The molecule has 2 aromatic carbocycles. The van der Waals surface area contributed by atoms with Gasteiger partial charge in [-0.3, -0.25) is 14.7 Å². The number of benzene rings is 2. The van der Waals surface area contributed by atoms with E-state index in [0.717, 1.165) is 56.6 Å². The van der Waals surface area contributed by atoms with Gasteiger partial charge in [0.25, 0.3) is 5.91 Å². The lowest BCUT2D eigenvalue weighted by Crippen LogP contribution is -2.44. The number of pyridine rings is 1. The molecular formula is C30H33N3O3. The zero-order chi connectivity index (χ0) is 24.7. The Labute approximate surface area is 212 Å². The van der Waals surface area contributed by atoms with Crippen LogP contribution in [0.4, 0.5) is 0 Å². The first-order valence-corrected chi connectivity index (χ1v) is 12.7. The fourth-order valence-electron chi connectivity index (χ4n) is 5.12. The van der Waals surface area contributed by atoms with Crippen LogP contribution in [0.3, 0.4) is 0 Å². The number of rotatable bonds is 9. The molecule has 0 bridgehead atoms. The van der Waals surface area contributed by atoms with Crippen LogP contribution in [0.2, 0.25) is 0 Å². The lowest BCUT2D eigenvalue weighted by atomic mass is 9.99. The molecule has 186 valence electrons. The molecule has 6 heteroatoms. The zero-order valence-electron chi connectivity index (χ0n) is 20.8. The number of likely N-dealkylation sites (tertiary alicyclic amines) is 1. The van der Waals surface area contributed by atoms with Gasteiger partial charge in [0.1, 0.15) is 12.0 Å². The van der Waals surface area contributed by atoms with Crippen molar-refractivity contribution in [2.75, 3.05) is 20.2 Å². The summed E-state index contributed by atoms with van der Waals surface area (Å²) in [6.07, 6.45) is 8.97. The third kappa shape index (κ3) is 5.77. The normalized spacial score (nSPS) is 15.9. The Morgan fingerprint density at radius 2 is 2.00 bits per heavy atom. The lowest BCUT2D eigenvalue weighted by Gasteiger charge is -2.35. The van der Waals surface area contributed by atoms with Gasteiger partial charge in [-0.1, -0.05) is 36.4 Å². The van der Waals surface area contributed by atoms with Crippen molar-refractivity contribution in [1.29, 1.82) is 0 Å². The molecule has 0 N–H and O–H groups in total. The number of carbonyl (C=O) groups is 1. The van der Waals surface area contributed by atoms with Crippen molar-refractivity contribution in [2.24, 2.45) is 0 Å². The van der Waals surface area contributed by atoms with E-state index in [9.17, 15) is 4.79 Å². The van der Waals surface area contributed by atoms with E-state index in [-0.39, 0.29) is 11.9 Å². The first-order chi connectivity index (χ1) is 17.7. The minimum atomic E-state index is 0.0554. The third-order valence-corrected chi connectivity index (χ3v) is 6.88. The monoisotopic (exact) mass is 483 g/mol. The molecule has 0 saturated carbocycles. The Hall–Kier alpha value is -3.64. The molecule has 2 aromatic heterocycles. The van der Waals surface area contributed by atoms with Gasteiger partial charge in [-0.25, -0.2) is 0 Å². The van der Waals surface area contributed by atoms with Crippen molar-refractivity contribution in [3.63, 3.8) is 0 Å². The topological polar surface area (TPSA) is 58.8 Å². The lowest BCUT2D eigenvalue weighted by molar-refractivity contribution is 0.0580. The van der Waals surface area contributed by atoms with Crippen molar-refractivity contribution in [2.45, 2.75) is 44.8 Å². The van der Waals surface area contributed by atoms with Gasteiger partial charge in [-0.2, -0.15) is 0 Å². The summed E-state index contributed by atoms with van der Waals surface area (Å²) in [4.78, 5) is 21.7. The zero-order valence-corrected chi connectivity index (χ0v) is 20.8. The number of piperidine rings is 1. The van der Waals surface area contributed by atoms with Crippen molar-refractivity contribution >= 4 is 16.8 Å². The Bertz CT molecular complexity index is 1280. The molecule has 36 heavy (non-hydrogen) atoms. The van der Waals surface area contributed by atoms with E-state index in [1.165, 1.54) is 22.8 Å². The van der Waals surface area contributed by atoms with Gasteiger partial charge >= 0.3 is 0 Å². The Morgan fingerprint density at radius 3 is 2.89 bits per heavy atom. The van der Waals surface area contributed by atoms with Crippen molar-refractivity contribution < 1.29 is 13.9 Å². The van der Waals surface area contributed by atoms with E-state index in [1.54, 1.807) is 12.3 Å². The number of fused-ring (bicyclic) bond motifs is 1. The van der Waals surface area contributed by atoms with E-state index in [1.807, 2.05) is 29.3 Å². The Kier molecular flexibility index (Phi) is 7.62. The van der Waals surface area contributed by atoms with Crippen LogP contribution in [0.1, 0.15) is 47.2 Å². The summed E-state index contributed by atoms with van der Waals surface area (Å²) in [5.41, 5.74) is 4.12. The van der Waals surface area contributed by atoms with Gasteiger partial charge < -0.3 is 14.1 Å². The van der Waals surface area contributed by atoms with Gasteiger partial charge in [-0.05, 0) is 61.7 Å². The maximum absolute atomic E-state index is 12.9. The van der Waals surface area contributed by atoms with E-state index >= 15 is 0 Å². The minimum absolute atomic E-state index is 0.0554. The van der Waals surface area contributed by atoms with Gasteiger partial charge in [0.15, 0.2) is 0 Å². The highest BCUT2D eigenvalue weighted by molar-refractivity contribution is 5.94. The third-order valence-electron chi connectivity index (χ3n) is 6.88. The van der Waals surface area contributed by atoms with Crippen LogP contribution in [-0.4, -0.2) is 46.9 Å². The molecule has 1 unspecified atom stereocenters. The number of aromatic nitrogens is 1. The summed E-state index contributed by atoms with van der Waals surface area (Å²) in [7, 11) is 2.13. The molecule has 1 amide bonds. The highest BCUT2D eigenvalue weighted by Crippen LogP contribution is 2.24. The molecule has 1 aliphatic heterocycles. The standard InChI is InChI=1S/C30H33N3O3/c1-32(21-25-9-5-8-24-10-6-15-31-29(24)25)20-23-7-4-12-28(19-23)36-18-14-27-11-2-3-16-33(27)30(34)26-13-17-35-22-26/h4-10,12-13,15,17,19,22,27H,2-3,11,14,16,18,20-21H2,1H3. The summed E-state index contributed by atoms with van der Waals surface area (Å²) in [5, 5.41) is 1.17. The molecular weight excluding hydrogens is 450 g/mol. The molecule has 3 heterocycles. The van der Waals surface area contributed by atoms with Crippen LogP contribution in [0.15, 0.2) is 83.8 Å². The van der Waals surface area contributed by atoms with Crippen molar-refractivity contribution in [3.8, 4) is 5.75 Å². The van der Waals surface area contributed by atoms with Crippen LogP contribution < -0.4 is 4.74 Å². The van der Waals surface area contributed by atoms with Crippen LogP contribution in [0.5, 0.6) is 5.75 Å². The molecule has 0 aliphatic carbocycles. The van der Waals surface area contributed by atoms with Crippen molar-refractivity contribution in [1.82, 2.24) is 14.8 Å². The van der Waals surface area contributed by atoms with Gasteiger partial charge in [-0.15, -0.1) is 0 Å². The molecule has 1 aliphatic rings. The second-order valence-corrected chi connectivity index (χ2v) is 9.61. The number of nitrogens with zero attached hydrogens (tertiary/aromatic N) is 3. The second kappa shape index (κ2) is 11.4. The largest absolute Gasteiger partial charge is 0.494 e. The Morgan fingerprint density at radius 1 is 1.11 bits per heavy atom. The number of hydrogen-bond acceptors (Lipinski definition) is 5. The fourth-order valence-corrected chi connectivity index (χ4v) is 5.12. The molecule has 0 spiro atoms. The first kappa shape index (κ1) is 24.1. The van der Waals surface area contributed by atoms with Gasteiger partial charge in [0.2, 0.25) is 0 Å². The van der Waals surface area contributed by atoms with E-state index in [4.69, 9.17) is 9.15 Å². The number of carbonyl (C=O) groups excluding carboxylic acids is 1. The average molecular weight is 484 g/mol. The van der Waals surface area contributed by atoms with Crippen LogP contribution in [-0.2, 0) is 13.1 Å². The number of ether oxygens (including phenoxy) is 1. The summed E-state index contributed by atoms with van der Waals surface area (Å²) in [6, 6.07) is 20.7. The van der Waals surface area contributed by atoms with E-state index in [0.29, 0.717) is 12.2 Å². The highest BCUT2D eigenvalue weighted by atomic mass is 16.5. The Balaban J connectivity index is 1.15. The maximum atomic E-state index is 12.9. The number of para-hydroxylation sites is 1. The number of furan rings is 1. The molecule has 1 atom stereocenters. The second-order valence-electron chi connectivity index (χ2n) is 9.61. The molecule has 1 saturated heterocycles. The molecule has 4 aromatic rings. The first-order valence-electron chi connectivity index (χ1n) is 12.7. The summed E-state index contributed by atoms with van der Waals surface area (Å²) < 4.78 is 11.3. The quantitative estimate of drug-likeness (QED) is 0.296. The fraction of sp³-hybridized carbons (Fsp3) is 0.333. The predicted octanol–water partition coefficient (Wildman–Crippen LogP) is 5.92. The molecule has 6 nitrogen and oxygen atoms in total. The predicted molar refractivity (Wildman–Crippen MR) is 141 cm³/mol. The highest BCUT2D eigenvalue weighted by Gasteiger charge is 2.27. The van der Waals surface area contributed by atoms with Crippen LogP contribution >= 0.6 is 0 Å². The van der Waals surface area contributed by atoms with Crippen molar-refractivity contribution in [3.05, 3.63) is 96.1 Å². The van der Waals surface area contributed by atoms with E-state index < -0.39 is 0 Å². The maximum Gasteiger partial charge on any atom is 0.257 e. The van der Waals surface area contributed by atoms with Crippen LogP contribution in [0, 0.1) is 0 Å². The van der Waals surface area contributed by atoms with Gasteiger partial charge in [0, 0.05) is 43.7 Å². The molecule has 1 fully saturated rings. The average Bonchev–Trinajstić information content (AvgIpc) is 3.44. The molecule has 5 rings (SSSR count). The van der Waals surface area contributed by atoms with E-state index in [2.05, 4.69) is 53.3 Å². The summed E-state index contributed by atoms with van der Waals surface area (Å²) >= 11 is 0. The number of amides is 1. The smallest absolute Gasteiger partial charge is 0.257 e. The summed E-state index contributed by atoms with van der Waals surface area (Å²) in [5.74, 6) is 0.927. The molecule has 0 radical (unpaired) electrons. The van der Waals surface area contributed by atoms with Gasteiger partial charge in [0.05, 0.1) is 24.0 Å². The SMILES string of the molecule is CN(Cc1cccc(OCCC2CCCCN2C(=O)c2ccoc2)c1)Cc1cccc2cccnc12. The summed E-state index contributed by atoms with van der Waals surface area (Å²) in [6.45, 7) is 3.02. The number of hydrogen-bond donors (Lipinski definition) is 0. The van der Waals surface area contributed by atoms with Crippen LogP contribution in [0.25, 0.3) is 10.9 Å².